The van der Waals surface area contributed by atoms with Crippen LogP contribution in [0.1, 0.15) is 17.3 Å². The number of nitrogens with one attached hydrogen (secondary N) is 1. The maximum absolute atomic E-state index is 12.6. The number of amides is 1. The number of nitrogens with zero attached hydrogens (tertiary/aromatic N) is 2. The van der Waals surface area contributed by atoms with E-state index in [-0.39, 0.29) is 10.8 Å². The third-order valence-corrected chi connectivity index (χ3v) is 7.61. The van der Waals surface area contributed by atoms with Crippen molar-refractivity contribution in [3.8, 4) is 0 Å². The molecule has 148 valence electrons. The highest BCUT2D eigenvalue weighted by Gasteiger charge is 2.20. The molecule has 0 saturated carbocycles. The minimum atomic E-state index is -3.53. The molecule has 0 fully saturated rings. The highest BCUT2D eigenvalue weighted by molar-refractivity contribution is 7.89. The van der Waals surface area contributed by atoms with E-state index in [0.717, 1.165) is 10.8 Å². The van der Waals surface area contributed by atoms with Crippen molar-refractivity contribution < 1.29 is 13.2 Å². The molecule has 0 saturated heterocycles. The van der Waals surface area contributed by atoms with Crippen LogP contribution in [0.15, 0.2) is 65.6 Å². The van der Waals surface area contributed by atoms with Crippen LogP contribution in [0.5, 0.6) is 0 Å². The molecule has 0 bridgehead atoms. The Hall–Kier alpha value is -2.81. The molecule has 1 amide bonds. The second kappa shape index (κ2) is 7.55. The van der Waals surface area contributed by atoms with Gasteiger partial charge in [-0.15, -0.1) is 0 Å². The van der Waals surface area contributed by atoms with Gasteiger partial charge in [0.25, 0.3) is 5.91 Å². The fraction of sp³-hybridized carbons (Fsp3) is 0.143. The summed E-state index contributed by atoms with van der Waals surface area (Å²) in [4.78, 5) is 17.3. The molecule has 3 aromatic carbocycles. The summed E-state index contributed by atoms with van der Waals surface area (Å²) in [6, 6.07) is 18.1. The molecule has 0 aliphatic heterocycles. The molecule has 0 atom stereocenters. The van der Waals surface area contributed by atoms with Gasteiger partial charge in [-0.05, 0) is 41.1 Å². The summed E-state index contributed by atoms with van der Waals surface area (Å²) in [5, 5.41) is 5.29. The largest absolute Gasteiger partial charge is 0.298 e. The average molecular weight is 426 g/mol. The first-order valence-corrected chi connectivity index (χ1v) is 11.3. The highest BCUT2D eigenvalue weighted by Crippen LogP contribution is 2.29. The summed E-state index contributed by atoms with van der Waals surface area (Å²) in [6.45, 7) is 2.17. The van der Waals surface area contributed by atoms with Crippen molar-refractivity contribution >= 4 is 53.4 Å². The summed E-state index contributed by atoms with van der Waals surface area (Å²) < 4.78 is 27.0. The molecule has 0 spiro atoms. The molecule has 0 aliphatic rings. The molecule has 8 heteroatoms. The summed E-state index contributed by atoms with van der Waals surface area (Å²) in [5.41, 5.74) is 1.18. The van der Waals surface area contributed by atoms with Gasteiger partial charge in [0, 0.05) is 19.2 Å². The summed E-state index contributed by atoms with van der Waals surface area (Å²) in [5.74, 6) is -0.256. The maximum atomic E-state index is 12.6. The van der Waals surface area contributed by atoms with Crippen LogP contribution in [-0.2, 0) is 10.0 Å². The number of sulfonamides is 1. The quantitative estimate of drug-likeness (QED) is 0.516. The Labute approximate surface area is 172 Å². The van der Waals surface area contributed by atoms with E-state index >= 15 is 0 Å². The van der Waals surface area contributed by atoms with E-state index in [1.54, 1.807) is 38.2 Å². The molecule has 1 N–H and O–H groups in total. The molecule has 29 heavy (non-hydrogen) atoms. The summed E-state index contributed by atoms with van der Waals surface area (Å²) in [7, 11) is -1.99. The molecule has 1 heterocycles. The van der Waals surface area contributed by atoms with Crippen LogP contribution < -0.4 is 5.32 Å². The SMILES string of the molecule is CCN(C)S(=O)(=O)c1ccc2nc(NC(=O)c3ccc4ccccc4c3)sc2c1. The van der Waals surface area contributed by atoms with Crippen molar-refractivity contribution in [3.05, 3.63) is 66.2 Å². The Bertz CT molecular complexity index is 1330. The lowest BCUT2D eigenvalue weighted by Gasteiger charge is -2.14. The zero-order chi connectivity index (χ0) is 20.6. The Morgan fingerprint density at radius 1 is 1.07 bits per heavy atom. The lowest BCUT2D eigenvalue weighted by molar-refractivity contribution is 0.102. The molecular formula is C21H19N3O3S2. The van der Waals surface area contributed by atoms with Crippen LogP contribution >= 0.6 is 11.3 Å². The van der Waals surface area contributed by atoms with Crippen LogP contribution in [0, 0.1) is 0 Å². The third-order valence-electron chi connectivity index (χ3n) is 4.75. The fourth-order valence-electron chi connectivity index (χ4n) is 2.97. The van der Waals surface area contributed by atoms with Gasteiger partial charge in [0.05, 0.1) is 15.1 Å². The number of hydrogen-bond donors (Lipinski definition) is 1. The zero-order valence-electron chi connectivity index (χ0n) is 15.9. The zero-order valence-corrected chi connectivity index (χ0v) is 17.5. The molecule has 0 radical (unpaired) electrons. The number of carbonyl (C=O) groups excluding carboxylic acids is 1. The minimum Gasteiger partial charge on any atom is -0.298 e. The van der Waals surface area contributed by atoms with Crippen LogP contribution in [0.3, 0.4) is 0 Å². The van der Waals surface area contributed by atoms with E-state index < -0.39 is 10.0 Å². The van der Waals surface area contributed by atoms with E-state index in [0.29, 0.717) is 27.5 Å². The normalized spacial score (nSPS) is 12.0. The number of benzene rings is 3. The average Bonchev–Trinajstić information content (AvgIpc) is 3.14. The van der Waals surface area contributed by atoms with Gasteiger partial charge in [0.2, 0.25) is 10.0 Å². The van der Waals surface area contributed by atoms with Gasteiger partial charge in [-0.2, -0.15) is 0 Å². The van der Waals surface area contributed by atoms with Gasteiger partial charge in [-0.25, -0.2) is 17.7 Å². The molecule has 0 aliphatic carbocycles. The Morgan fingerprint density at radius 3 is 2.59 bits per heavy atom. The van der Waals surface area contributed by atoms with Gasteiger partial charge in [0.15, 0.2) is 5.13 Å². The predicted octanol–water partition coefficient (Wildman–Crippen LogP) is 4.34. The molecular weight excluding hydrogens is 406 g/mol. The number of carbonyl (C=O) groups is 1. The van der Waals surface area contributed by atoms with E-state index in [2.05, 4.69) is 10.3 Å². The van der Waals surface area contributed by atoms with Gasteiger partial charge in [0.1, 0.15) is 0 Å². The first kappa shape index (κ1) is 19.5. The second-order valence-corrected chi connectivity index (χ2v) is 9.66. The lowest BCUT2D eigenvalue weighted by atomic mass is 10.1. The number of anilines is 1. The second-order valence-electron chi connectivity index (χ2n) is 6.58. The number of hydrogen-bond acceptors (Lipinski definition) is 5. The topological polar surface area (TPSA) is 79.4 Å². The van der Waals surface area contributed by atoms with Crippen LogP contribution in [-0.4, -0.2) is 37.2 Å². The Morgan fingerprint density at radius 2 is 1.83 bits per heavy atom. The molecule has 4 rings (SSSR count). The van der Waals surface area contributed by atoms with Crippen LogP contribution in [0.2, 0.25) is 0 Å². The highest BCUT2D eigenvalue weighted by atomic mass is 32.2. The first-order valence-electron chi connectivity index (χ1n) is 9.05. The third kappa shape index (κ3) is 3.74. The van der Waals surface area contributed by atoms with Gasteiger partial charge < -0.3 is 0 Å². The van der Waals surface area contributed by atoms with Crippen molar-refractivity contribution in [2.75, 3.05) is 18.9 Å². The van der Waals surface area contributed by atoms with Crippen molar-refractivity contribution in [1.29, 1.82) is 0 Å². The predicted molar refractivity (Wildman–Crippen MR) is 117 cm³/mol. The van der Waals surface area contributed by atoms with Crippen molar-refractivity contribution in [3.63, 3.8) is 0 Å². The maximum Gasteiger partial charge on any atom is 0.257 e. The number of fused-ring (bicyclic) bond motifs is 2. The van der Waals surface area contributed by atoms with E-state index in [9.17, 15) is 13.2 Å². The molecule has 0 unspecified atom stereocenters. The summed E-state index contributed by atoms with van der Waals surface area (Å²) in [6.07, 6.45) is 0. The summed E-state index contributed by atoms with van der Waals surface area (Å²) >= 11 is 1.25. The van der Waals surface area contributed by atoms with Crippen molar-refractivity contribution in [1.82, 2.24) is 9.29 Å². The van der Waals surface area contributed by atoms with Crippen LogP contribution in [0.25, 0.3) is 21.0 Å². The Kier molecular flexibility index (Phi) is 5.08. The molecule has 1 aromatic heterocycles. The van der Waals surface area contributed by atoms with E-state index in [1.165, 1.54) is 15.6 Å². The number of thiazole rings is 1. The van der Waals surface area contributed by atoms with Gasteiger partial charge in [-0.1, -0.05) is 48.6 Å². The molecule has 6 nitrogen and oxygen atoms in total. The van der Waals surface area contributed by atoms with Gasteiger partial charge in [-0.3, -0.25) is 10.1 Å². The van der Waals surface area contributed by atoms with Gasteiger partial charge >= 0.3 is 0 Å². The minimum absolute atomic E-state index is 0.213. The van der Waals surface area contributed by atoms with Crippen molar-refractivity contribution in [2.24, 2.45) is 0 Å². The lowest BCUT2D eigenvalue weighted by Crippen LogP contribution is -2.26. The monoisotopic (exact) mass is 425 g/mol. The molecule has 4 aromatic rings. The standard InChI is InChI=1S/C21H19N3O3S2/c1-3-24(2)29(26,27)17-10-11-18-19(13-17)28-21(22-18)23-20(25)16-9-8-14-6-4-5-7-15(14)12-16/h4-13H,3H2,1-2H3,(H,22,23,25). The smallest absolute Gasteiger partial charge is 0.257 e. The van der Waals surface area contributed by atoms with Crippen LogP contribution in [0.4, 0.5) is 5.13 Å². The Balaban J connectivity index is 1.61. The fourth-order valence-corrected chi connectivity index (χ4v) is 5.15. The number of rotatable bonds is 5. The van der Waals surface area contributed by atoms with Crippen molar-refractivity contribution in [2.45, 2.75) is 11.8 Å². The first-order chi connectivity index (χ1) is 13.9. The number of aromatic nitrogens is 1. The van der Waals surface area contributed by atoms with E-state index in [1.807, 2.05) is 36.4 Å². The van der Waals surface area contributed by atoms with E-state index in [4.69, 9.17) is 0 Å².